The highest BCUT2D eigenvalue weighted by Gasteiger charge is 2.20. The Morgan fingerprint density at radius 3 is 2.61 bits per heavy atom. The molecule has 124 valence electrons. The minimum Gasteiger partial charge on any atom is -0.492 e. The smallest absolute Gasteiger partial charge is 0.241 e. The average molecular weight is 419 g/mol. The molecule has 23 heavy (non-hydrogen) atoms. The number of sulfonamides is 1. The van der Waals surface area contributed by atoms with Crippen LogP contribution in [-0.2, 0) is 10.0 Å². The van der Waals surface area contributed by atoms with Gasteiger partial charge in [-0.1, -0.05) is 39.7 Å². The van der Waals surface area contributed by atoms with Crippen LogP contribution in [0.3, 0.4) is 0 Å². The van der Waals surface area contributed by atoms with Gasteiger partial charge in [0.15, 0.2) is 0 Å². The summed E-state index contributed by atoms with van der Waals surface area (Å²) in [5.41, 5.74) is 0.861. The molecule has 0 saturated heterocycles. The molecule has 1 atom stereocenters. The maximum atomic E-state index is 12.5. The van der Waals surface area contributed by atoms with Crippen LogP contribution < -0.4 is 9.46 Å². The van der Waals surface area contributed by atoms with E-state index in [9.17, 15) is 8.42 Å². The second kappa shape index (κ2) is 7.66. The molecule has 4 nitrogen and oxygen atoms in total. The molecule has 2 rings (SSSR count). The van der Waals surface area contributed by atoms with Crippen LogP contribution in [0.15, 0.2) is 51.8 Å². The first kappa shape index (κ1) is 18.3. The minimum atomic E-state index is -3.68. The average Bonchev–Trinajstić information content (AvgIpc) is 2.49. The molecule has 2 aromatic carbocycles. The Morgan fingerprint density at radius 2 is 2.00 bits per heavy atom. The molecule has 0 heterocycles. The van der Waals surface area contributed by atoms with Gasteiger partial charge in [-0.05, 0) is 49.7 Å². The van der Waals surface area contributed by atoms with Crippen LogP contribution in [-0.4, -0.2) is 15.0 Å². The van der Waals surface area contributed by atoms with Gasteiger partial charge in [0.05, 0.1) is 16.5 Å². The van der Waals surface area contributed by atoms with Gasteiger partial charge in [0.2, 0.25) is 10.0 Å². The third-order valence-corrected chi connectivity index (χ3v) is 5.52. The lowest BCUT2D eigenvalue weighted by Crippen LogP contribution is -2.26. The first-order valence-electron chi connectivity index (χ1n) is 7.03. The van der Waals surface area contributed by atoms with Crippen molar-refractivity contribution >= 4 is 37.6 Å². The summed E-state index contributed by atoms with van der Waals surface area (Å²) in [7, 11) is -3.68. The third-order valence-electron chi connectivity index (χ3n) is 3.19. The van der Waals surface area contributed by atoms with E-state index in [-0.39, 0.29) is 16.0 Å². The van der Waals surface area contributed by atoms with Crippen molar-refractivity contribution in [3.8, 4) is 5.75 Å². The van der Waals surface area contributed by atoms with E-state index in [0.29, 0.717) is 12.4 Å². The second-order valence-electron chi connectivity index (χ2n) is 4.92. The number of ether oxygens (including phenoxy) is 1. The van der Waals surface area contributed by atoms with Crippen molar-refractivity contribution in [3.05, 3.63) is 57.5 Å². The maximum absolute atomic E-state index is 12.5. The highest BCUT2D eigenvalue weighted by molar-refractivity contribution is 9.10. The summed E-state index contributed by atoms with van der Waals surface area (Å²) in [5, 5.41) is 0.268. The predicted octanol–water partition coefficient (Wildman–Crippen LogP) is 4.54. The van der Waals surface area contributed by atoms with Crippen LogP contribution in [0, 0.1) is 0 Å². The van der Waals surface area contributed by atoms with Crippen LogP contribution in [0.4, 0.5) is 0 Å². The summed E-state index contributed by atoms with van der Waals surface area (Å²) < 4.78 is 33.9. The zero-order valence-corrected chi connectivity index (χ0v) is 15.9. The molecule has 0 bridgehead atoms. The molecule has 0 aliphatic carbocycles. The fourth-order valence-corrected chi connectivity index (χ4v) is 4.04. The third kappa shape index (κ3) is 4.70. The molecule has 0 radical (unpaired) electrons. The van der Waals surface area contributed by atoms with Gasteiger partial charge >= 0.3 is 0 Å². The summed E-state index contributed by atoms with van der Waals surface area (Å²) in [6, 6.07) is 11.5. The molecule has 0 aliphatic rings. The van der Waals surface area contributed by atoms with Crippen molar-refractivity contribution in [1.29, 1.82) is 0 Å². The van der Waals surface area contributed by atoms with E-state index < -0.39 is 10.0 Å². The molecule has 7 heteroatoms. The van der Waals surface area contributed by atoms with E-state index in [2.05, 4.69) is 20.7 Å². The van der Waals surface area contributed by atoms with Crippen molar-refractivity contribution in [2.75, 3.05) is 6.61 Å². The number of rotatable bonds is 6. The zero-order chi connectivity index (χ0) is 17.0. The quantitative estimate of drug-likeness (QED) is 0.749. The standard InChI is InChI=1S/C16H17BrClNO3S/c1-3-22-16-8-7-14(10-15(16)18)23(20,21)19-11(2)12-5-4-6-13(17)9-12/h4-11,19H,3H2,1-2H3/t11-/m1/s1. The highest BCUT2D eigenvalue weighted by atomic mass is 79.9. The molecule has 1 N–H and O–H groups in total. The van der Waals surface area contributed by atoms with Gasteiger partial charge in [-0.2, -0.15) is 0 Å². The molecular formula is C16H17BrClNO3S. The first-order chi connectivity index (χ1) is 10.8. The Labute approximate surface area is 150 Å². The summed E-state index contributed by atoms with van der Waals surface area (Å²) in [6.45, 7) is 4.09. The van der Waals surface area contributed by atoms with Gasteiger partial charge in [-0.15, -0.1) is 0 Å². The number of hydrogen-bond acceptors (Lipinski definition) is 3. The van der Waals surface area contributed by atoms with E-state index in [4.69, 9.17) is 16.3 Å². The maximum Gasteiger partial charge on any atom is 0.241 e. The minimum absolute atomic E-state index is 0.104. The van der Waals surface area contributed by atoms with E-state index in [1.165, 1.54) is 12.1 Å². The lowest BCUT2D eigenvalue weighted by molar-refractivity contribution is 0.340. The lowest BCUT2D eigenvalue weighted by atomic mass is 10.1. The molecule has 0 aromatic heterocycles. The van der Waals surface area contributed by atoms with Crippen LogP contribution in [0.1, 0.15) is 25.5 Å². The van der Waals surface area contributed by atoms with E-state index in [1.54, 1.807) is 13.0 Å². The predicted molar refractivity (Wildman–Crippen MR) is 95.5 cm³/mol. The molecule has 0 aliphatic heterocycles. The zero-order valence-electron chi connectivity index (χ0n) is 12.7. The Balaban J connectivity index is 2.23. The van der Waals surface area contributed by atoms with Crippen LogP contribution in [0.5, 0.6) is 5.75 Å². The van der Waals surface area contributed by atoms with Gasteiger partial charge in [0.1, 0.15) is 5.75 Å². The van der Waals surface area contributed by atoms with Gasteiger partial charge in [0, 0.05) is 10.5 Å². The Hall–Kier alpha value is -1.08. The summed E-state index contributed by atoms with van der Waals surface area (Å²) in [5.74, 6) is 0.466. The Morgan fingerprint density at radius 1 is 1.26 bits per heavy atom. The monoisotopic (exact) mass is 417 g/mol. The lowest BCUT2D eigenvalue weighted by Gasteiger charge is -2.15. The van der Waals surface area contributed by atoms with Crippen molar-refractivity contribution in [3.63, 3.8) is 0 Å². The van der Waals surface area contributed by atoms with Crippen LogP contribution in [0.2, 0.25) is 5.02 Å². The van der Waals surface area contributed by atoms with Crippen LogP contribution in [0.25, 0.3) is 0 Å². The van der Waals surface area contributed by atoms with Crippen molar-refractivity contribution in [1.82, 2.24) is 4.72 Å². The molecule has 0 spiro atoms. The van der Waals surface area contributed by atoms with Crippen molar-refractivity contribution in [2.24, 2.45) is 0 Å². The number of nitrogens with one attached hydrogen (secondary N) is 1. The highest BCUT2D eigenvalue weighted by Crippen LogP contribution is 2.28. The van der Waals surface area contributed by atoms with E-state index in [0.717, 1.165) is 10.0 Å². The molecule has 0 saturated carbocycles. The molecule has 0 amide bonds. The van der Waals surface area contributed by atoms with Gasteiger partial charge in [-0.3, -0.25) is 0 Å². The van der Waals surface area contributed by atoms with Crippen molar-refractivity contribution < 1.29 is 13.2 Å². The van der Waals surface area contributed by atoms with E-state index >= 15 is 0 Å². The fourth-order valence-electron chi connectivity index (χ4n) is 2.07. The van der Waals surface area contributed by atoms with Gasteiger partial charge in [0.25, 0.3) is 0 Å². The van der Waals surface area contributed by atoms with Gasteiger partial charge < -0.3 is 4.74 Å². The topological polar surface area (TPSA) is 55.4 Å². The number of halogens is 2. The summed E-state index contributed by atoms with van der Waals surface area (Å²) in [4.78, 5) is 0.104. The normalized spacial score (nSPS) is 12.9. The Bertz CT molecular complexity index is 796. The molecule has 0 unspecified atom stereocenters. The number of benzene rings is 2. The van der Waals surface area contributed by atoms with Gasteiger partial charge in [-0.25, -0.2) is 13.1 Å². The SMILES string of the molecule is CCOc1ccc(S(=O)(=O)N[C@H](C)c2cccc(Br)c2)cc1Cl. The van der Waals surface area contributed by atoms with Crippen LogP contribution >= 0.6 is 27.5 Å². The Kier molecular flexibility index (Phi) is 6.08. The molecule has 0 fully saturated rings. The second-order valence-corrected chi connectivity index (χ2v) is 7.96. The van der Waals surface area contributed by atoms with E-state index in [1.807, 2.05) is 31.2 Å². The largest absolute Gasteiger partial charge is 0.492 e. The summed E-state index contributed by atoms with van der Waals surface area (Å²) >= 11 is 9.44. The number of hydrogen-bond donors (Lipinski definition) is 1. The molecule has 2 aromatic rings. The fraction of sp³-hybridized carbons (Fsp3) is 0.250. The summed E-state index contributed by atoms with van der Waals surface area (Å²) in [6.07, 6.45) is 0. The first-order valence-corrected chi connectivity index (χ1v) is 9.69. The van der Waals surface area contributed by atoms with Crippen molar-refractivity contribution in [2.45, 2.75) is 24.8 Å². The molecular weight excluding hydrogens is 402 g/mol.